The number of nitrogens with zero attached hydrogens (tertiary/aromatic N) is 5. The van der Waals surface area contributed by atoms with E-state index < -0.39 is 164 Å². The van der Waals surface area contributed by atoms with Gasteiger partial charge in [-0.25, -0.2) is 0 Å². The van der Waals surface area contributed by atoms with Gasteiger partial charge < -0.3 is 82.6 Å². The average Bonchev–Trinajstić information content (AvgIpc) is 4.23. The predicted molar refractivity (Wildman–Crippen MR) is 246 cm³/mol. The van der Waals surface area contributed by atoms with Gasteiger partial charge in [0.25, 0.3) is 0 Å². The molecule has 5 heterocycles. The third-order valence-electron chi connectivity index (χ3n) is 13.6. The number of carboxylic acids is 1. The summed E-state index contributed by atoms with van der Waals surface area (Å²) in [5.74, 6) is -9.04. The standard InChI is InChI=1S/C44H68N12O16/c1-23(48-38(66)29-9-4-14-53(29)41(69)24(2)49-39(67)30-10-5-15-54(30)42(70)25(45)20-57)35(63)51-27(22-59)43(71)56-17-7-12-32(56)44(72)55-16-6-11-31(55)40(68)50-26(21-58)36(64)46-18-33(60)52-13-3-8-28(52)37(65)47-19-34(61)62/h23-32,57-59H,3-22,45H2,1-2H3,(H,46,64)(H,47,65)(H,48,66)(H,49,67)(H,50,68)(H,51,63)(H,61,62)/t23-,24-,25-,26-,27-,28-,29-,30-,31-,32-/m0/s1. The Balaban J connectivity index is 1.11. The van der Waals surface area contributed by atoms with Crippen molar-refractivity contribution in [2.24, 2.45) is 5.73 Å². The fraction of sp³-hybridized carbons (Fsp3) is 0.727. The van der Waals surface area contributed by atoms with Gasteiger partial charge in [-0.15, -0.1) is 0 Å². The van der Waals surface area contributed by atoms with Crippen molar-refractivity contribution in [2.75, 3.05) is 65.6 Å². The zero-order valence-corrected chi connectivity index (χ0v) is 40.4. The highest BCUT2D eigenvalue weighted by atomic mass is 16.4. The molecule has 0 spiro atoms. The van der Waals surface area contributed by atoms with Crippen molar-refractivity contribution in [3.63, 3.8) is 0 Å². The van der Waals surface area contributed by atoms with Crippen LogP contribution >= 0.6 is 0 Å². The number of aliphatic hydroxyl groups is 3. The number of hydrogen-bond donors (Lipinski definition) is 11. The van der Waals surface area contributed by atoms with Crippen LogP contribution in [-0.4, -0.2) is 242 Å². The third-order valence-corrected chi connectivity index (χ3v) is 13.6. The highest BCUT2D eigenvalue weighted by Gasteiger charge is 2.45. The molecule has 5 fully saturated rings. The molecule has 28 heteroatoms. The first-order chi connectivity index (χ1) is 34.2. The first-order valence-corrected chi connectivity index (χ1v) is 24.3. The van der Waals surface area contributed by atoms with E-state index in [0.29, 0.717) is 38.5 Å². The Morgan fingerprint density at radius 3 is 1.44 bits per heavy atom. The molecular weight excluding hydrogens is 953 g/mol. The van der Waals surface area contributed by atoms with Crippen LogP contribution in [-0.2, 0) is 57.5 Å². The molecule has 400 valence electrons. The number of hydrogen-bond acceptors (Lipinski definition) is 16. The number of carboxylic acid groups (broad SMARTS) is 1. The molecule has 0 bridgehead atoms. The van der Waals surface area contributed by atoms with Gasteiger partial charge in [-0.2, -0.15) is 0 Å². The number of amides is 11. The number of nitrogens with one attached hydrogen (secondary N) is 6. The summed E-state index contributed by atoms with van der Waals surface area (Å²) in [4.78, 5) is 163. The number of aliphatic hydroxyl groups excluding tert-OH is 3. The van der Waals surface area contributed by atoms with E-state index in [-0.39, 0.29) is 58.4 Å². The zero-order chi connectivity index (χ0) is 53.0. The van der Waals surface area contributed by atoms with Gasteiger partial charge in [0, 0.05) is 32.7 Å². The number of carbonyl (C=O) groups is 12. The van der Waals surface area contributed by atoms with E-state index in [1.54, 1.807) is 0 Å². The normalized spacial score (nSPS) is 23.9. The molecule has 5 aliphatic heterocycles. The number of rotatable bonds is 21. The predicted octanol–water partition coefficient (Wildman–Crippen LogP) is -7.46. The number of likely N-dealkylation sites (tertiary alicyclic amines) is 5. The minimum absolute atomic E-state index is 0.0641. The molecule has 0 unspecified atom stereocenters. The topological polar surface area (TPSA) is 400 Å². The van der Waals surface area contributed by atoms with Crippen LogP contribution in [0.25, 0.3) is 0 Å². The second kappa shape index (κ2) is 25.7. The lowest BCUT2D eigenvalue weighted by atomic mass is 10.1. The summed E-state index contributed by atoms with van der Waals surface area (Å²) in [5.41, 5.74) is 5.68. The summed E-state index contributed by atoms with van der Waals surface area (Å²) in [6, 6.07) is -11.7. The smallest absolute Gasteiger partial charge is 0.322 e. The van der Waals surface area contributed by atoms with Crippen molar-refractivity contribution in [1.82, 2.24) is 56.4 Å². The Morgan fingerprint density at radius 2 is 0.917 bits per heavy atom. The SMILES string of the molecule is C[C@H](NC(=O)[C@@H]1CCCN1C(=O)[C@H](C)NC(=O)[C@@H]1CCCN1C(=O)[C@@H](N)CO)C(=O)N[C@@H](CO)C(=O)N1CCC[C@H]1C(=O)N1CCC[C@H]1C(=O)N[C@@H](CO)C(=O)NCC(=O)N1CCC[C@H]1C(=O)NCC(=O)O. The van der Waals surface area contributed by atoms with E-state index in [9.17, 15) is 72.9 Å². The lowest BCUT2D eigenvalue weighted by Gasteiger charge is -2.33. The Kier molecular flexibility index (Phi) is 20.2. The van der Waals surface area contributed by atoms with Gasteiger partial charge in [0.05, 0.1) is 26.4 Å². The van der Waals surface area contributed by atoms with Crippen LogP contribution in [0.15, 0.2) is 0 Å². The Bertz CT molecular complexity index is 2100. The fourth-order valence-corrected chi connectivity index (χ4v) is 9.82. The van der Waals surface area contributed by atoms with Gasteiger partial charge in [-0.3, -0.25) is 57.5 Å². The van der Waals surface area contributed by atoms with Crippen molar-refractivity contribution >= 4 is 70.9 Å². The third kappa shape index (κ3) is 13.5. The van der Waals surface area contributed by atoms with E-state index in [1.165, 1.54) is 38.3 Å². The molecule has 10 atom stereocenters. The first-order valence-electron chi connectivity index (χ1n) is 24.3. The maximum absolute atomic E-state index is 14.1. The van der Waals surface area contributed by atoms with Crippen molar-refractivity contribution in [3.8, 4) is 0 Å². The van der Waals surface area contributed by atoms with Gasteiger partial charge in [0.15, 0.2) is 0 Å². The molecule has 5 rings (SSSR count). The van der Waals surface area contributed by atoms with Crippen LogP contribution in [0, 0.1) is 0 Å². The summed E-state index contributed by atoms with van der Waals surface area (Å²) in [6.45, 7) is -0.0610. The molecule has 28 nitrogen and oxygen atoms in total. The molecule has 11 amide bonds. The summed E-state index contributed by atoms with van der Waals surface area (Å²) in [6.07, 6.45) is 3.33. The fourth-order valence-electron chi connectivity index (χ4n) is 9.82. The van der Waals surface area contributed by atoms with Crippen LogP contribution in [0.1, 0.15) is 78.1 Å². The molecule has 72 heavy (non-hydrogen) atoms. The minimum atomic E-state index is -1.55. The van der Waals surface area contributed by atoms with E-state index in [0.717, 1.165) is 0 Å². The molecule has 0 aliphatic carbocycles. The number of carbonyl (C=O) groups excluding carboxylic acids is 11. The average molecular weight is 1020 g/mol. The van der Waals surface area contributed by atoms with Crippen LogP contribution in [0.2, 0.25) is 0 Å². The van der Waals surface area contributed by atoms with E-state index in [1.807, 2.05) is 0 Å². The Labute approximate surface area is 414 Å². The zero-order valence-electron chi connectivity index (χ0n) is 40.4. The van der Waals surface area contributed by atoms with Gasteiger partial charge in [0.2, 0.25) is 65.0 Å². The molecule has 12 N–H and O–H groups in total. The quantitative estimate of drug-likeness (QED) is 0.0509. The van der Waals surface area contributed by atoms with Gasteiger partial charge >= 0.3 is 5.97 Å². The van der Waals surface area contributed by atoms with Crippen LogP contribution in [0.4, 0.5) is 0 Å². The first kappa shape index (κ1) is 56.4. The molecule has 0 saturated carbocycles. The van der Waals surface area contributed by atoms with Crippen LogP contribution in [0.5, 0.6) is 0 Å². The second-order valence-electron chi connectivity index (χ2n) is 18.6. The maximum Gasteiger partial charge on any atom is 0.322 e. The lowest BCUT2D eigenvalue weighted by molar-refractivity contribution is -0.148. The van der Waals surface area contributed by atoms with Crippen molar-refractivity contribution in [3.05, 3.63) is 0 Å². The Morgan fingerprint density at radius 1 is 0.472 bits per heavy atom. The van der Waals surface area contributed by atoms with Crippen LogP contribution < -0.4 is 37.6 Å². The summed E-state index contributed by atoms with van der Waals surface area (Å²) < 4.78 is 0. The van der Waals surface area contributed by atoms with Crippen molar-refractivity contribution in [2.45, 2.75) is 138 Å². The van der Waals surface area contributed by atoms with E-state index in [2.05, 4.69) is 31.9 Å². The second-order valence-corrected chi connectivity index (χ2v) is 18.6. The molecule has 0 aromatic heterocycles. The molecule has 5 saturated heterocycles. The van der Waals surface area contributed by atoms with Gasteiger partial charge in [-0.05, 0) is 78.1 Å². The summed E-state index contributed by atoms with van der Waals surface area (Å²) in [5, 5.41) is 53.0. The van der Waals surface area contributed by atoms with E-state index >= 15 is 0 Å². The molecular formula is C44H68N12O16. The van der Waals surface area contributed by atoms with E-state index in [4.69, 9.17) is 10.8 Å². The van der Waals surface area contributed by atoms with Crippen molar-refractivity contribution < 1.29 is 78.0 Å². The molecule has 0 aromatic carbocycles. The minimum Gasteiger partial charge on any atom is -0.480 e. The van der Waals surface area contributed by atoms with Crippen molar-refractivity contribution in [1.29, 1.82) is 0 Å². The highest BCUT2D eigenvalue weighted by molar-refractivity contribution is 5.99. The largest absolute Gasteiger partial charge is 0.480 e. The summed E-state index contributed by atoms with van der Waals surface area (Å²) >= 11 is 0. The number of aliphatic carboxylic acids is 1. The van der Waals surface area contributed by atoms with Gasteiger partial charge in [0.1, 0.15) is 67.0 Å². The van der Waals surface area contributed by atoms with Gasteiger partial charge in [-0.1, -0.05) is 0 Å². The molecule has 5 aliphatic rings. The molecule has 0 aromatic rings. The summed E-state index contributed by atoms with van der Waals surface area (Å²) in [7, 11) is 0. The van der Waals surface area contributed by atoms with Crippen LogP contribution in [0.3, 0.4) is 0 Å². The number of nitrogens with two attached hydrogens (primary N) is 1. The highest BCUT2D eigenvalue weighted by Crippen LogP contribution is 2.27. The molecule has 0 radical (unpaired) electrons. The maximum atomic E-state index is 14.1. The monoisotopic (exact) mass is 1020 g/mol. The lowest BCUT2D eigenvalue weighted by Crippen LogP contribution is -2.60. The Hall–Kier alpha value is -6.52.